The highest BCUT2D eigenvalue weighted by atomic mass is 127. The van der Waals surface area contributed by atoms with Crippen molar-refractivity contribution in [2.24, 2.45) is 0 Å². The monoisotopic (exact) mass is 361 g/mol. The lowest BCUT2D eigenvalue weighted by Gasteiger charge is -2.05. The Bertz CT molecular complexity index is 508. The molecule has 0 spiro atoms. The first-order valence-electron chi connectivity index (χ1n) is 4.31. The van der Waals surface area contributed by atoms with Crippen LogP contribution in [0.2, 0.25) is 0 Å². The molecule has 2 aromatic rings. The van der Waals surface area contributed by atoms with Crippen molar-refractivity contribution in [3.63, 3.8) is 0 Å². The molecule has 72 valence electrons. The van der Waals surface area contributed by atoms with E-state index in [1.807, 2.05) is 6.92 Å². The molecule has 1 heterocycles. The predicted molar refractivity (Wildman–Crippen MR) is 71.6 cm³/mol. The van der Waals surface area contributed by atoms with Gasteiger partial charge < -0.3 is 0 Å². The molecule has 0 atom stereocenters. The standard InChI is InChI=1S/C11H9BrIN/c1-6-3-7(2)14-11-5-10(13)9(12)4-8(6)11/h3-5H,1-2H3. The minimum absolute atomic E-state index is 1.08. The summed E-state index contributed by atoms with van der Waals surface area (Å²) in [4.78, 5) is 4.51. The number of pyridine rings is 1. The Morgan fingerprint density at radius 2 is 1.93 bits per heavy atom. The van der Waals surface area contributed by atoms with Crippen molar-refractivity contribution < 1.29 is 0 Å². The van der Waals surface area contributed by atoms with E-state index < -0.39 is 0 Å². The summed E-state index contributed by atoms with van der Waals surface area (Å²) in [5, 5.41) is 1.22. The lowest BCUT2D eigenvalue weighted by Crippen LogP contribution is -1.88. The molecule has 0 radical (unpaired) electrons. The van der Waals surface area contributed by atoms with Crippen LogP contribution in [0.4, 0.5) is 0 Å². The van der Waals surface area contributed by atoms with E-state index in [0.717, 1.165) is 15.7 Å². The second-order valence-electron chi connectivity index (χ2n) is 3.36. The van der Waals surface area contributed by atoms with E-state index in [1.54, 1.807) is 0 Å². The molecule has 1 aromatic carbocycles. The van der Waals surface area contributed by atoms with E-state index in [4.69, 9.17) is 0 Å². The fraction of sp³-hybridized carbons (Fsp3) is 0.182. The molecule has 1 nitrogen and oxygen atoms in total. The number of nitrogens with zero attached hydrogens (tertiary/aromatic N) is 1. The van der Waals surface area contributed by atoms with Crippen molar-refractivity contribution in [3.05, 3.63) is 37.5 Å². The molecule has 0 aliphatic heterocycles. The van der Waals surface area contributed by atoms with E-state index in [2.05, 4.69) is 68.6 Å². The number of fused-ring (bicyclic) bond motifs is 1. The molecule has 0 bridgehead atoms. The van der Waals surface area contributed by atoms with Gasteiger partial charge in [-0.15, -0.1) is 0 Å². The van der Waals surface area contributed by atoms with Crippen molar-refractivity contribution in [1.82, 2.24) is 4.98 Å². The summed E-state index contributed by atoms with van der Waals surface area (Å²) in [5.74, 6) is 0. The Labute approximate surface area is 105 Å². The summed E-state index contributed by atoms with van der Waals surface area (Å²) in [6.45, 7) is 4.15. The Kier molecular flexibility index (Phi) is 2.79. The number of hydrogen-bond donors (Lipinski definition) is 0. The number of aryl methyl sites for hydroxylation is 2. The van der Waals surface area contributed by atoms with Gasteiger partial charge in [0, 0.05) is 19.1 Å². The molecule has 14 heavy (non-hydrogen) atoms. The van der Waals surface area contributed by atoms with Crippen LogP contribution in [0.1, 0.15) is 11.3 Å². The first kappa shape index (κ1) is 10.4. The van der Waals surface area contributed by atoms with Crippen molar-refractivity contribution >= 4 is 49.4 Å². The average Bonchev–Trinajstić information content (AvgIpc) is 2.08. The lowest BCUT2D eigenvalue weighted by atomic mass is 10.1. The smallest absolute Gasteiger partial charge is 0.0719 e. The van der Waals surface area contributed by atoms with E-state index >= 15 is 0 Å². The van der Waals surface area contributed by atoms with E-state index in [1.165, 1.54) is 14.5 Å². The number of halogens is 2. The van der Waals surface area contributed by atoms with Gasteiger partial charge in [-0.1, -0.05) is 0 Å². The summed E-state index contributed by atoms with van der Waals surface area (Å²) in [6, 6.07) is 6.36. The lowest BCUT2D eigenvalue weighted by molar-refractivity contribution is 1.23. The largest absolute Gasteiger partial charge is 0.253 e. The van der Waals surface area contributed by atoms with Crippen LogP contribution in [-0.2, 0) is 0 Å². The molecule has 0 saturated heterocycles. The van der Waals surface area contributed by atoms with Gasteiger partial charge in [-0.05, 0) is 76.1 Å². The fourth-order valence-corrected chi connectivity index (χ4v) is 2.35. The molecule has 2 rings (SSSR count). The molecular formula is C11H9BrIN. The zero-order chi connectivity index (χ0) is 10.3. The van der Waals surface area contributed by atoms with Crippen molar-refractivity contribution in [3.8, 4) is 0 Å². The third-order valence-electron chi connectivity index (χ3n) is 2.19. The number of aromatic nitrogens is 1. The average molecular weight is 362 g/mol. The van der Waals surface area contributed by atoms with Gasteiger partial charge in [0.25, 0.3) is 0 Å². The normalized spacial score (nSPS) is 10.9. The number of rotatable bonds is 0. The molecule has 0 aliphatic carbocycles. The van der Waals surface area contributed by atoms with Crippen molar-refractivity contribution in [1.29, 1.82) is 0 Å². The molecule has 0 amide bonds. The maximum absolute atomic E-state index is 4.51. The van der Waals surface area contributed by atoms with Gasteiger partial charge in [-0.25, -0.2) is 0 Å². The fourth-order valence-electron chi connectivity index (χ4n) is 1.56. The van der Waals surface area contributed by atoms with Gasteiger partial charge in [-0.2, -0.15) is 0 Å². The predicted octanol–water partition coefficient (Wildman–Crippen LogP) is 4.22. The van der Waals surface area contributed by atoms with Crippen LogP contribution in [0.25, 0.3) is 10.9 Å². The van der Waals surface area contributed by atoms with Gasteiger partial charge in [0.1, 0.15) is 0 Å². The highest BCUT2D eigenvalue weighted by Gasteiger charge is 2.04. The molecule has 0 unspecified atom stereocenters. The maximum Gasteiger partial charge on any atom is 0.0719 e. The highest BCUT2D eigenvalue weighted by molar-refractivity contribution is 14.1. The zero-order valence-corrected chi connectivity index (χ0v) is 11.7. The molecule has 0 aliphatic rings. The third kappa shape index (κ3) is 1.80. The summed E-state index contributed by atoms with van der Waals surface area (Å²) < 4.78 is 2.34. The topological polar surface area (TPSA) is 12.9 Å². The Morgan fingerprint density at radius 1 is 1.21 bits per heavy atom. The molecule has 0 fully saturated rings. The van der Waals surface area contributed by atoms with Crippen molar-refractivity contribution in [2.45, 2.75) is 13.8 Å². The van der Waals surface area contributed by atoms with Crippen molar-refractivity contribution in [2.75, 3.05) is 0 Å². The summed E-state index contributed by atoms with van der Waals surface area (Å²) in [5.41, 5.74) is 3.44. The maximum atomic E-state index is 4.51. The molecule has 0 N–H and O–H groups in total. The number of hydrogen-bond acceptors (Lipinski definition) is 1. The SMILES string of the molecule is Cc1cc(C)c2cc(Br)c(I)cc2n1. The van der Waals surface area contributed by atoms with Gasteiger partial charge in [-0.3, -0.25) is 4.98 Å². The summed E-state index contributed by atoms with van der Waals surface area (Å²) in [7, 11) is 0. The van der Waals surface area contributed by atoms with Crippen LogP contribution in [0.15, 0.2) is 22.7 Å². The first-order chi connectivity index (χ1) is 6.58. The van der Waals surface area contributed by atoms with Crippen LogP contribution in [0.3, 0.4) is 0 Å². The Morgan fingerprint density at radius 3 is 2.64 bits per heavy atom. The summed E-state index contributed by atoms with van der Waals surface area (Å²) >= 11 is 5.84. The minimum atomic E-state index is 1.08. The highest BCUT2D eigenvalue weighted by Crippen LogP contribution is 2.26. The molecule has 0 saturated carbocycles. The van der Waals surface area contributed by atoms with Gasteiger partial charge in [0.05, 0.1) is 5.52 Å². The summed E-state index contributed by atoms with van der Waals surface area (Å²) in [6.07, 6.45) is 0. The van der Waals surface area contributed by atoms with Crippen LogP contribution in [0, 0.1) is 17.4 Å². The molecular weight excluding hydrogens is 353 g/mol. The number of benzene rings is 1. The van der Waals surface area contributed by atoms with Gasteiger partial charge >= 0.3 is 0 Å². The Balaban J connectivity index is 2.89. The Hall–Kier alpha value is -0.160. The van der Waals surface area contributed by atoms with Gasteiger partial charge in [0.2, 0.25) is 0 Å². The zero-order valence-electron chi connectivity index (χ0n) is 7.94. The molecule has 3 heteroatoms. The van der Waals surface area contributed by atoms with E-state index in [-0.39, 0.29) is 0 Å². The quantitative estimate of drug-likeness (QED) is 0.640. The van der Waals surface area contributed by atoms with Gasteiger partial charge in [0.15, 0.2) is 0 Å². The van der Waals surface area contributed by atoms with Crippen LogP contribution >= 0.6 is 38.5 Å². The molecule has 1 aromatic heterocycles. The van der Waals surface area contributed by atoms with Crippen LogP contribution < -0.4 is 0 Å². The third-order valence-corrected chi connectivity index (χ3v) is 4.48. The second kappa shape index (κ2) is 3.77. The van der Waals surface area contributed by atoms with Crippen LogP contribution in [0.5, 0.6) is 0 Å². The second-order valence-corrected chi connectivity index (χ2v) is 5.38. The first-order valence-corrected chi connectivity index (χ1v) is 6.18. The van der Waals surface area contributed by atoms with Crippen LogP contribution in [-0.4, -0.2) is 4.98 Å². The van der Waals surface area contributed by atoms with E-state index in [0.29, 0.717) is 0 Å². The van der Waals surface area contributed by atoms with E-state index in [9.17, 15) is 0 Å². The minimum Gasteiger partial charge on any atom is -0.253 e.